The third-order valence-corrected chi connectivity index (χ3v) is 6.28. The van der Waals surface area contributed by atoms with E-state index in [9.17, 15) is 14.4 Å². The molecule has 6 atom stereocenters. The van der Waals surface area contributed by atoms with E-state index in [0.717, 1.165) is 0 Å². The molecule has 34 heavy (non-hydrogen) atoms. The molecule has 4 saturated heterocycles. The molecule has 0 saturated carbocycles. The SMILES string of the molecule is CCOC(=O)C[C@@H]1C(=O)N(C(C)(C)C)C(=O)N1C[C@H]1O[C@@H]2OC(C)(C)O[C@@H]2[C@H]2OC(C)(C)O[C@H]21. The lowest BCUT2D eigenvalue weighted by atomic mass is 9.98. The van der Waals surface area contributed by atoms with Gasteiger partial charge in [0.1, 0.15) is 30.5 Å². The summed E-state index contributed by atoms with van der Waals surface area (Å²) in [7, 11) is 0. The van der Waals surface area contributed by atoms with Gasteiger partial charge in [0.05, 0.1) is 19.6 Å². The van der Waals surface area contributed by atoms with Gasteiger partial charge < -0.3 is 33.3 Å². The number of carbonyl (C=O) groups is 3. The van der Waals surface area contributed by atoms with Crippen molar-refractivity contribution in [3.8, 4) is 0 Å². The second kappa shape index (κ2) is 8.41. The Morgan fingerprint density at radius 2 is 1.56 bits per heavy atom. The first kappa shape index (κ1) is 25.3. The maximum Gasteiger partial charge on any atom is 0.328 e. The molecule has 0 aromatic rings. The summed E-state index contributed by atoms with van der Waals surface area (Å²) in [5.41, 5.74) is -0.766. The van der Waals surface area contributed by atoms with E-state index < -0.39 is 71.8 Å². The van der Waals surface area contributed by atoms with Crippen molar-refractivity contribution in [2.24, 2.45) is 0 Å². The van der Waals surface area contributed by atoms with Crippen LogP contribution < -0.4 is 0 Å². The number of esters is 1. The molecule has 4 heterocycles. The van der Waals surface area contributed by atoms with Crippen molar-refractivity contribution >= 4 is 17.9 Å². The number of ether oxygens (including phenoxy) is 6. The summed E-state index contributed by atoms with van der Waals surface area (Å²) in [6.45, 7) is 14.4. The van der Waals surface area contributed by atoms with E-state index in [-0.39, 0.29) is 19.6 Å². The van der Waals surface area contributed by atoms with E-state index in [1.54, 1.807) is 55.4 Å². The van der Waals surface area contributed by atoms with Crippen molar-refractivity contribution in [1.29, 1.82) is 0 Å². The number of rotatable bonds is 5. The van der Waals surface area contributed by atoms with Crippen LogP contribution in [0.2, 0.25) is 0 Å². The summed E-state index contributed by atoms with van der Waals surface area (Å²) >= 11 is 0. The zero-order valence-electron chi connectivity index (χ0n) is 21.2. The quantitative estimate of drug-likeness (QED) is 0.425. The van der Waals surface area contributed by atoms with E-state index >= 15 is 0 Å². The number of hydrogen-bond donors (Lipinski definition) is 0. The first-order chi connectivity index (χ1) is 15.6. The molecule has 11 heteroatoms. The first-order valence-corrected chi connectivity index (χ1v) is 11.8. The fourth-order valence-corrected chi connectivity index (χ4v) is 5.07. The Bertz CT molecular complexity index is 852. The van der Waals surface area contributed by atoms with Crippen LogP contribution >= 0.6 is 0 Å². The predicted molar refractivity (Wildman–Crippen MR) is 116 cm³/mol. The highest BCUT2D eigenvalue weighted by atomic mass is 16.9. The molecular weight excluding hydrogens is 448 g/mol. The number of amides is 3. The highest BCUT2D eigenvalue weighted by Crippen LogP contribution is 2.44. The first-order valence-electron chi connectivity index (χ1n) is 11.8. The molecule has 11 nitrogen and oxygen atoms in total. The molecule has 0 N–H and O–H groups in total. The minimum absolute atomic E-state index is 0.00877. The van der Waals surface area contributed by atoms with E-state index in [0.29, 0.717) is 0 Å². The number of carbonyl (C=O) groups excluding carboxylic acids is 3. The number of imide groups is 1. The Kier molecular flexibility index (Phi) is 6.26. The van der Waals surface area contributed by atoms with Gasteiger partial charge in [0.25, 0.3) is 5.91 Å². The highest BCUT2D eigenvalue weighted by molar-refractivity contribution is 6.06. The van der Waals surface area contributed by atoms with E-state index in [4.69, 9.17) is 28.4 Å². The van der Waals surface area contributed by atoms with Gasteiger partial charge in [-0.05, 0) is 55.4 Å². The van der Waals surface area contributed by atoms with Crippen molar-refractivity contribution in [3.63, 3.8) is 0 Å². The van der Waals surface area contributed by atoms with Crippen molar-refractivity contribution < 1.29 is 42.8 Å². The van der Waals surface area contributed by atoms with Gasteiger partial charge in [0.15, 0.2) is 17.9 Å². The Morgan fingerprint density at radius 1 is 0.971 bits per heavy atom. The second-order valence-electron chi connectivity index (χ2n) is 11.0. The minimum Gasteiger partial charge on any atom is -0.466 e. The molecule has 4 rings (SSSR count). The molecule has 192 valence electrons. The smallest absolute Gasteiger partial charge is 0.328 e. The summed E-state index contributed by atoms with van der Waals surface area (Å²) in [6, 6.07) is -1.49. The minimum atomic E-state index is -1.00. The standard InChI is InChI=1S/C23H36N2O9/c1-9-29-14(26)10-12-18(27)25(21(2,3)4)20(28)24(12)11-13-15-16(32-22(5,6)31-15)17-19(30-13)34-23(7,8)33-17/h12-13,15-17,19H,9-11H2,1-8H3/t12-,13-,15+,16+,17-,19-/m1/s1. The maximum atomic E-state index is 13.4. The second-order valence-corrected chi connectivity index (χ2v) is 11.0. The molecule has 0 aromatic heterocycles. The molecular formula is C23H36N2O9. The molecule has 4 fully saturated rings. The summed E-state index contributed by atoms with van der Waals surface area (Å²) < 4.78 is 35.5. The molecule has 0 unspecified atom stereocenters. The molecule has 0 aromatic carbocycles. The fourth-order valence-electron chi connectivity index (χ4n) is 5.07. The Labute approximate surface area is 199 Å². The third kappa shape index (κ3) is 4.56. The van der Waals surface area contributed by atoms with Crippen molar-refractivity contribution in [3.05, 3.63) is 0 Å². The van der Waals surface area contributed by atoms with Gasteiger partial charge in [-0.25, -0.2) is 4.79 Å². The van der Waals surface area contributed by atoms with Gasteiger partial charge in [0, 0.05) is 5.54 Å². The average molecular weight is 485 g/mol. The van der Waals surface area contributed by atoms with Crippen LogP contribution in [0.4, 0.5) is 4.79 Å². The van der Waals surface area contributed by atoms with Crippen LogP contribution in [-0.4, -0.2) is 94.7 Å². The average Bonchev–Trinajstić information content (AvgIpc) is 3.24. The van der Waals surface area contributed by atoms with E-state index in [2.05, 4.69) is 0 Å². The van der Waals surface area contributed by atoms with Crippen molar-refractivity contribution in [1.82, 2.24) is 9.80 Å². The van der Waals surface area contributed by atoms with Crippen LogP contribution in [0.15, 0.2) is 0 Å². The van der Waals surface area contributed by atoms with Gasteiger partial charge >= 0.3 is 12.0 Å². The number of nitrogens with zero attached hydrogens (tertiary/aromatic N) is 2. The molecule has 4 aliphatic heterocycles. The van der Waals surface area contributed by atoms with Crippen LogP contribution in [-0.2, 0) is 38.0 Å². The van der Waals surface area contributed by atoms with Crippen LogP contribution in [0.25, 0.3) is 0 Å². The molecule has 4 aliphatic rings. The summed E-state index contributed by atoms with van der Waals surface area (Å²) in [4.78, 5) is 41.6. The number of fused-ring (bicyclic) bond motifs is 3. The summed E-state index contributed by atoms with van der Waals surface area (Å²) in [5.74, 6) is -2.76. The molecule has 0 bridgehead atoms. The van der Waals surface area contributed by atoms with Crippen LogP contribution in [0.5, 0.6) is 0 Å². The molecule has 0 radical (unpaired) electrons. The van der Waals surface area contributed by atoms with Gasteiger partial charge in [-0.1, -0.05) is 0 Å². The van der Waals surface area contributed by atoms with Crippen LogP contribution in [0.1, 0.15) is 61.8 Å². The zero-order valence-corrected chi connectivity index (χ0v) is 21.2. The van der Waals surface area contributed by atoms with Crippen LogP contribution in [0, 0.1) is 0 Å². The largest absolute Gasteiger partial charge is 0.466 e. The van der Waals surface area contributed by atoms with Crippen LogP contribution in [0.3, 0.4) is 0 Å². The lowest BCUT2D eigenvalue weighted by Crippen LogP contribution is -2.59. The lowest BCUT2D eigenvalue weighted by molar-refractivity contribution is -0.235. The lowest BCUT2D eigenvalue weighted by Gasteiger charge is -2.39. The van der Waals surface area contributed by atoms with Gasteiger partial charge in [-0.2, -0.15) is 0 Å². The van der Waals surface area contributed by atoms with Gasteiger partial charge in [0.2, 0.25) is 0 Å². The third-order valence-electron chi connectivity index (χ3n) is 6.28. The predicted octanol–water partition coefficient (Wildman–Crippen LogP) is 1.77. The number of hydrogen-bond acceptors (Lipinski definition) is 9. The Balaban J connectivity index is 1.62. The summed E-state index contributed by atoms with van der Waals surface area (Å²) in [5, 5.41) is 0. The van der Waals surface area contributed by atoms with Crippen molar-refractivity contribution in [2.75, 3.05) is 13.2 Å². The van der Waals surface area contributed by atoms with Gasteiger partial charge in [-0.3, -0.25) is 14.5 Å². The van der Waals surface area contributed by atoms with Crippen molar-refractivity contribution in [2.45, 2.75) is 116 Å². The fraction of sp³-hybridized carbons (Fsp3) is 0.870. The van der Waals surface area contributed by atoms with E-state index in [1.807, 2.05) is 0 Å². The van der Waals surface area contributed by atoms with Gasteiger partial charge in [-0.15, -0.1) is 0 Å². The molecule has 0 spiro atoms. The Hall–Kier alpha value is -1.79. The Morgan fingerprint density at radius 3 is 2.18 bits per heavy atom. The highest BCUT2D eigenvalue weighted by Gasteiger charge is 2.62. The molecule has 3 amide bonds. The van der Waals surface area contributed by atoms with E-state index in [1.165, 1.54) is 9.80 Å². The number of urea groups is 1. The normalized spacial score (nSPS) is 36.6. The zero-order chi connectivity index (χ0) is 25.2. The maximum absolute atomic E-state index is 13.4. The monoisotopic (exact) mass is 484 g/mol. The summed E-state index contributed by atoms with van der Waals surface area (Å²) in [6.07, 6.45) is -3.20. The molecule has 0 aliphatic carbocycles. The topological polar surface area (TPSA) is 113 Å².